The first-order valence-electron chi connectivity index (χ1n) is 5.62. The minimum atomic E-state index is 0.589. The van der Waals surface area contributed by atoms with Crippen LogP contribution in [0.5, 0.6) is 0 Å². The van der Waals surface area contributed by atoms with E-state index in [0.29, 0.717) is 12.4 Å². The van der Waals surface area contributed by atoms with Crippen LogP contribution in [0.1, 0.15) is 11.1 Å². The molecule has 18 heavy (non-hydrogen) atoms. The summed E-state index contributed by atoms with van der Waals surface area (Å²) in [6.07, 6.45) is 0. The van der Waals surface area contributed by atoms with Gasteiger partial charge in [0.1, 0.15) is 0 Å². The Bertz CT molecular complexity index is 570. The third kappa shape index (κ3) is 3.45. The highest BCUT2D eigenvalue weighted by molar-refractivity contribution is 7.78. The number of amidine groups is 1. The number of rotatable bonds is 3. The van der Waals surface area contributed by atoms with Crippen LogP contribution in [-0.2, 0) is 6.54 Å². The fourth-order valence-corrected chi connectivity index (χ4v) is 1.66. The number of aliphatic imine (C=N–C) groups is 2. The summed E-state index contributed by atoms with van der Waals surface area (Å²) < 4.78 is 0. The van der Waals surface area contributed by atoms with Gasteiger partial charge in [0, 0.05) is 5.56 Å². The highest BCUT2D eigenvalue weighted by atomic mass is 32.1. The van der Waals surface area contributed by atoms with Crippen molar-refractivity contribution in [2.45, 2.75) is 6.54 Å². The largest absolute Gasteiger partial charge is 0.261 e. The second-order valence-corrected chi connectivity index (χ2v) is 3.88. The summed E-state index contributed by atoms with van der Waals surface area (Å²) in [6.45, 7) is 0.589. The molecule has 0 aliphatic heterocycles. The topological polar surface area (TPSA) is 24.7 Å². The zero-order valence-electron chi connectivity index (χ0n) is 9.78. The van der Waals surface area contributed by atoms with Crippen molar-refractivity contribution in [3.8, 4) is 0 Å². The predicted octanol–water partition coefficient (Wildman–Crippen LogP) is 3.74. The van der Waals surface area contributed by atoms with E-state index in [9.17, 15) is 0 Å². The first-order chi connectivity index (χ1) is 8.90. The summed E-state index contributed by atoms with van der Waals surface area (Å²) in [5, 5.41) is 2.38. The first-order valence-corrected chi connectivity index (χ1v) is 6.02. The van der Waals surface area contributed by atoms with Gasteiger partial charge in [-0.15, -0.1) is 0 Å². The van der Waals surface area contributed by atoms with E-state index in [2.05, 4.69) is 27.4 Å². The molecule has 0 aliphatic carbocycles. The van der Waals surface area contributed by atoms with Crippen LogP contribution in [0, 0.1) is 0 Å². The smallest absolute Gasteiger partial charge is 0.165 e. The normalized spacial score (nSPS) is 10.8. The van der Waals surface area contributed by atoms with E-state index in [1.54, 1.807) is 0 Å². The van der Waals surface area contributed by atoms with Gasteiger partial charge in [0.15, 0.2) is 5.84 Å². The molecule has 0 fully saturated rings. The maximum atomic E-state index is 4.66. The highest BCUT2D eigenvalue weighted by Crippen LogP contribution is 2.06. The van der Waals surface area contributed by atoms with Gasteiger partial charge in [-0.2, -0.15) is 4.99 Å². The molecule has 0 bridgehead atoms. The summed E-state index contributed by atoms with van der Waals surface area (Å²) in [5.41, 5.74) is 2.09. The molecule has 2 nitrogen and oxygen atoms in total. The number of benzene rings is 2. The zero-order valence-corrected chi connectivity index (χ0v) is 10.6. The third-order valence-electron chi connectivity index (χ3n) is 2.44. The van der Waals surface area contributed by atoms with Gasteiger partial charge >= 0.3 is 0 Å². The van der Waals surface area contributed by atoms with E-state index in [1.807, 2.05) is 60.7 Å². The van der Waals surface area contributed by atoms with Crippen LogP contribution in [0.3, 0.4) is 0 Å². The van der Waals surface area contributed by atoms with Crippen molar-refractivity contribution in [3.05, 3.63) is 71.8 Å². The molecular weight excluding hydrogens is 240 g/mol. The van der Waals surface area contributed by atoms with Gasteiger partial charge in [0.2, 0.25) is 0 Å². The summed E-state index contributed by atoms with van der Waals surface area (Å²) in [5.74, 6) is 0.620. The Morgan fingerprint density at radius 3 is 2.17 bits per heavy atom. The summed E-state index contributed by atoms with van der Waals surface area (Å²) in [7, 11) is 0. The molecular formula is C15H12N2S. The maximum absolute atomic E-state index is 4.66. The molecule has 2 aromatic carbocycles. The van der Waals surface area contributed by atoms with Crippen molar-refractivity contribution >= 4 is 23.2 Å². The van der Waals surface area contributed by atoms with Crippen LogP contribution < -0.4 is 0 Å². The summed E-state index contributed by atoms with van der Waals surface area (Å²) in [6, 6.07) is 19.8. The van der Waals surface area contributed by atoms with E-state index >= 15 is 0 Å². The van der Waals surface area contributed by atoms with Gasteiger partial charge < -0.3 is 0 Å². The SMILES string of the molecule is S=C=NC(=NCc1ccccc1)c1ccccc1. The molecule has 2 aromatic rings. The number of thiocarbonyl (C=S) groups is 1. The van der Waals surface area contributed by atoms with Crippen LogP contribution in [0.2, 0.25) is 0 Å². The van der Waals surface area contributed by atoms with Gasteiger partial charge in [-0.25, -0.2) is 0 Å². The molecule has 0 heterocycles. The van der Waals surface area contributed by atoms with Gasteiger partial charge in [0.05, 0.1) is 11.7 Å². The van der Waals surface area contributed by atoms with Gasteiger partial charge in [-0.05, 0) is 17.8 Å². The highest BCUT2D eigenvalue weighted by Gasteiger charge is 2.00. The van der Waals surface area contributed by atoms with Crippen molar-refractivity contribution in [1.29, 1.82) is 0 Å². The Kier molecular flexibility index (Phi) is 4.53. The minimum absolute atomic E-state index is 0.589. The number of isothiocyanates is 1. The van der Waals surface area contributed by atoms with Crippen molar-refractivity contribution in [2.75, 3.05) is 0 Å². The molecule has 0 aromatic heterocycles. The lowest BCUT2D eigenvalue weighted by Crippen LogP contribution is -1.97. The van der Waals surface area contributed by atoms with Crippen LogP contribution in [0.4, 0.5) is 0 Å². The van der Waals surface area contributed by atoms with Crippen molar-refractivity contribution in [3.63, 3.8) is 0 Å². The average Bonchev–Trinajstić information content (AvgIpc) is 2.45. The molecule has 0 unspecified atom stereocenters. The third-order valence-corrected chi connectivity index (χ3v) is 2.53. The quantitative estimate of drug-likeness (QED) is 0.464. The maximum Gasteiger partial charge on any atom is 0.165 e. The van der Waals surface area contributed by atoms with E-state index in [1.165, 1.54) is 0 Å². The van der Waals surface area contributed by atoms with Gasteiger partial charge in [0.25, 0.3) is 0 Å². The van der Waals surface area contributed by atoms with Crippen LogP contribution in [0.25, 0.3) is 0 Å². The monoisotopic (exact) mass is 252 g/mol. The fraction of sp³-hybridized carbons (Fsp3) is 0.0667. The second-order valence-electron chi connectivity index (χ2n) is 3.69. The molecule has 0 saturated carbocycles. The van der Waals surface area contributed by atoms with Crippen molar-refractivity contribution < 1.29 is 0 Å². The lowest BCUT2D eigenvalue weighted by Gasteiger charge is -2.00. The molecule has 0 amide bonds. The van der Waals surface area contributed by atoms with Crippen LogP contribution >= 0.6 is 12.2 Å². The Balaban J connectivity index is 2.24. The molecule has 0 atom stereocenters. The molecule has 0 aliphatic rings. The minimum Gasteiger partial charge on any atom is -0.261 e. The first kappa shape index (κ1) is 12.4. The number of nitrogens with zero attached hydrogens (tertiary/aromatic N) is 2. The molecule has 0 N–H and O–H groups in total. The van der Waals surface area contributed by atoms with Gasteiger partial charge in [-0.1, -0.05) is 60.7 Å². The Morgan fingerprint density at radius 1 is 0.944 bits per heavy atom. The lowest BCUT2D eigenvalue weighted by molar-refractivity contribution is 1.06. The van der Waals surface area contributed by atoms with Crippen molar-refractivity contribution in [1.82, 2.24) is 0 Å². The van der Waals surface area contributed by atoms with Crippen LogP contribution in [0.15, 0.2) is 70.6 Å². The summed E-state index contributed by atoms with van der Waals surface area (Å²) in [4.78, 5) is 8.50. The molecule has 0 saturated heterocycles. The molecule has 0 radical (unpaired) electrons. The van der Waals surface area contributed by atoms with E-state index in [-0.39, 0.29) is 0 Å². The van der Waals surface area contributed by atoms with E-state index in [4.69, 9.17) is 0 Å². The second kappa shape index (κ2) is 6.60. The number of hydrogen-bond acceptors (Lipinski definition) is 2. The fourth-order valence-electron chi connectivity index (χ4n) is 1.57. The summed E-state index contributed by atoms with van der Waals surface area (Å²) >= 11 is 4.66. The molecule has 3 heteroatoms. The molecule has 2 rings (SSSR count). The molecule has 88 valence electrons. The van der Waals surface area contributed by atoms with Crippen LogP contribution in [-0.4, -0.2) is 11.0 Å². The van der Waals surface area contributed by atoms with E-state index in [0.717, 1.165) is 11.1 Å². The number of hydrogen-bond donors (Lipinski definition) is 0. The standard InChI is InChI=1S/C15H12N2S/c18-12-17-15(14-9-5-2-6-10-14)16-11-13-7-3-1-4-8-13/h1-10H,11H2. The Morgan fingerprint density at radius 2 is 1.56 bits per heavy atom. The Labute approximate surface area is 112 Å². The Hall–Kier alpha value is -2.09. The van der Waals surface area contributed by atoms with Gasteiger partial charge in [-0.3, -0.25) is 4.99 Å². The lowest BCUT2D eigenvalue weighted by atomic mass is 10.2. The predicted molar refractivity (Wildman–Crippen MR) is 78.2 cm³/mol. The molecule has 0 spiro atoms. The zero-order chi connectivity index (χ0) is 12.6. The van der Waals surface area contributed by atoms with E-state index < -0.39 is 0 Å². The average molecular weight is 252 g/mol. The van der Waals surface area contributed by atoms with Crippen molar-refractivity contribution in [2.24, 2.45) is 9.98 Å².